The lowest BCUT2D eigenvalue weighted by molar-refractivity contribution is 0.0692. The van der Waals surface area contributed by atoms with Gasteiger partial charge in [0.15, 0.2) is 0 Å². The van der Waals surface area contributed by atoms with Gasteiger partial charge in [-0.15, -0.1) is 0 Å². The third-order valence-corrected chi connectivity index (χ3v) is 3.55. The van der Waals surface area contributed by atoms with E-state index in [9.17, 15) is 17.6 Å². The molecule has 1 aromatic rings. The molecule has 0 aliphatic heterocycles. The number of aromatic carboxylic acids is 1. The summed E-state index contributed by atoms with van der Waals surface area (Å²) >= 11 is 0. The van der Waals surface area contributed by atoms with E-state index in [1.54, 1.807) is 13.8 Å². The first-order valence-corrected chi connectivity index (χ1v) is 8.11. The largest absolute Gasteiger partial charge is 0.478 e. The molecule has 0 aliphatic carbocycles. The molecule has 21 heavy (non-hydrogen) atoms. The minimum atomic E-state index is -3.31. The van der Waals surface area contributed by atoms with Gasteiger partial charge in [0.2, 0.25) is 10.0 Å². The molecule has 1 aromatic carbocycles. The van der Waals surface area contributed by atoms with Crippen molar-refractivity contribution in [3.8, 4) is 0 Å². The summed E-state index contributed by atoms with van der Waals surface area (Å²) in [5, 5.41) is 11.7. The van der Waals surface area contributed by atoms with E-state index >= 15 is 0 Å². The summed E-state index contributed by atoms with van der Waals surface area (Å²) in [4.78, 5) is 10.7. The normalized spacial score (nSPS) is 12.4. The van der Waals surface area contributed by atoms with Crippen LogP contribution in [0.2, 0.25) is 0 Å². The van der Waals surface area contributed by atoms with Gasteiger partial charge in [-0.2, -0.15) is 0 Å². The Bertz CT molecular complexity index is 629. The number of carboxylic acid groups (broad SMARTS) is 1. The Labute approximate surface area is 123 Å². The van der Waals surface area contributed by atoms with Gasteiger partial charge in [0.05, 0.1) is 11.8 Å². The van der Waals surface area contributed by atoms with Crippen molar-refractivity contribution in [1.29, 1.82) is 0 Å². The summed E-state index contributed by atoms with van der Waals surface area (Å²) < 4.78 is 38.3. The van der Waals surface area contributed by atoms with Crippen LogP contribution in [0.15, 0.2) is 18.2 Å². The van der Waals surface area contributed by atoms with E-state index in [2.05, 4.69) is 10.0 Å². The molecule has 8 heteroatoms. The third kappa shape index (κ3) is 6.19. The van der Waals surface area contributed by atoms with Crippen LogP contribution in [0.5, 0.6) is 0 Å². The number of hydrogen-bond acceptors (Lipinski definition) is 4. The molecule has 0 amide bonds. The highest BCUT2D eigenvalue weighted by molar-refractivity contribution is 7.88. The Balaban J connectivity index is 2.60. The van der Waals surface area contributed by atoms with Crippen LogP contribution in [0, 0.1) is 5.82 Å². The molecule has 0 radical (unpaired) electrons. The maximum Gasteiger partial charge on any atom is 0.338 e. The molecule has 0 heterocycles. The number of halogens is 1. The second-order valence-electron chi connectivity index (χ2n) is 5.48. The van der Waals surface area contributed by atoms with Crippen molar-refractivity contribution in [1.82, 2.24) is 10.0 Å². The predicted octanol–water partition coefficient (Wildman–Crippen LogP) is 0.941. The van der Waals surface area contributed by atoms with E-state index in [1.165, 1.54) is 12.1 Å². The molecule has 3 N–H and O–H groups in total. The monoisotopic (exact) mass is 318 g/mol. The Morgan fingerprint density at radius 2 is 2.00 bits per heavy atom. The quantitative estimate of drug-likeness (QED) is 0.695. The Morgan fingerprint density at radius 1 is 1.38 bits per heavy atom. The molecule has 0 aromatic heterocycles. The van der Waals surface area contributed by atoms with Crippen LogP contribution in [0.1, 0.15) is 29.8 Å². The van der Waals surface area contributed by atoms with Crippen LogP contribution in [-0.2, 0) is 16.6 Å². The lowest BCUT2D eigenvalue weighted by Gasteiger charge is -2.25. The number of benzene rings is 1. The number of hydrogen-bond donors (Lipinski definition) is 3. The fourth-order valence-electron chi connectivity index (χ4n) is 1.90. The molecule has 1 rings (SSSR count). The van der Waals surface area contributed by atoms with Gasteiger partial charge in [-0.3, -0.25) is 0 Å². The number of nitrogens with one attached hydrogen (secondary N) is 2. The van der Waals surface area contributed by atoms with Crippen LogP contribution in [0.25, 0.3) is 0 Å². The van der Waals surface area contributed by atoms with Gasteiger partial charge in [-0.05, 0) is 31.5 Å². The van der Waals surface area contributed by atoms with E-state index in [0.29, 0.717) is 18.7 Å². The first-order chi connectivity index (χ1) is 9.50. The topological polar surface area (TPSA) is 95.5 Å². The lowest BCUT2D eigenvalue weighted by Crippen LogP contribution is -2.49. The zero-order valence-electron chi connectivity index (χ0n) is 12.1. The average molecular weight is 318 g/mol. The van der Waals surface area contributed by atoms with E-state index in [4.69, 9.17) is 5.11 Å². The van der Waals surface area contributed by atoms with Gasteiger partial charge in [0, 0.05) is 18.6 Å². The van der Waals surface area contributed by atoms with Crippen molar-refractivity contribution in [3.63, 3.8) is 0 Å². The van der Waals surface area contributed by atoms with Gasteiger partial charge in [-0.25, -0.2) is 22.3 Å². The van der Waals surface area contributed by atoms with Crippen LogP contribution in [0.4, 0.5) is 4.39 Å². The van der Waals surface area contributed by atoms with Crippen molar-refractivity contribution in [2.24, 2.45) is 0 Å². The van der Waals surface area contributed by atoms with Crippen molar-refractivity contribution in [2.45, 2.75) is 25.9 Å². The van der Waals surface area contributed by atoms with Crippen molar-refractivity contribution >= 4 is 16.0 Å². The summed E-state index contributed by atoms with van der Waals surface area (Å²) in [7, 11) is -3.31. The molecule has 0 saturated heterocycles. The van der Waals surface area contributed by atoms with Gasteiger partial charge < -0.3 is 10.4 Å². The summed E-state index contributed by atoms with van der Waals surface area (Å²) in [5.74, 6) is -2.11. The molecule has 0 atom stereocenters. The lowest BCUT2D eigenvalue weighted by atomic mass is 10.1. The second-order valence-corrected chi connectivity index (χ2v) is 7.23. The summed E-state index contributed by atoms with van der Waals surface area (Å²) in [6, 6.07) is 3.86. The number of rotatable bonds is 7. The highest BCUT2D eigenvalue weighted by Gasteiger charge is 2.21. The van der Waals surface area contributed by atoms with E-state index < -0.39 is 27.3 Å². The predicted molar refractivity (Wildman–Crippen MR) is 77.1 cm³/mol. The van der Waals surface area contributed by atoms with Crippen LogP contribution in [0.3, 0.4) is 0 Å². The SMILES string of the molecule is CC(C)(CNCc1ccc(C(=O)O)c(F)c1)NS(C)(=O)=O. The van der Waals surface area contributed by atoms with Crippen LogP contribution in [-0.4, -0.2) is 37.8 Å². The maximum absolute atomic E-state index is 13.5. The van der Waals surface area contributed by atoms with Crippen molar-refractivity contribution in [2.75, 3.05) is 12.8 Å². The Kier molecular flexibility index (Phi) is 5.43. The molecule has 6 nitrogen and oxygen atoms in total. The number of carboxylic acids is 1. The highest BCUT2D eigenvalue weighted by atomic mass is 32.2. The van der Waals surface area contributed by atoms with Crippen molar-refractivity contribution in [3.05, 3.63) is 35.1 Å². The molecule has 0 aliphatic rings. The van der Waals surface area contributed by atoms with E-state index in [0.717, 1.165) is 12.3 Å². The van der Waals surface area contributed by atoms with E-state index in [1.807, 2.05) is 0 Å². The first-order valence-electron chi connectivity index (χ1n) is 6.21. The molecule has 0 bridgehead atoms. The van der Waals surface area contributed by atoms with Crippen molar-refractivity contribution < 1.29 is 22.7 Å². The molecule has 118 valence electrons. The first kappa shape index (κ1) is 17.5. The molecule has 0 saturated carbocycles. The van der Waals surface area contributed by atoms with Crippen LogP contribution < -0.4 is 10.0 Å². The minimum absolute atomic E-state index is 0.297. The fourth-order valence-corrected chi connectivity index (χ4v) is 2.98. The molecular formula is C13H19FN2O4S. The zero-order valence-corrected chi connectivity index (χ0v) is 12.9. The Hall–Kier alpha value is -1.51. The smallest absolute Gasteiger partial charge is 0.338 e. The summed E-state index contributed by atoms with van der Waals surface area (Å²) in [6.07, 6.45) is 1.08. The third-order valence-electron chi connectivity index (χ3n) is 2.62. The van der Waals surface area contributed by atoms with Crippen LogP contribution >= 0.6 is 0 Å². The highest BCUT2D eigenvalue weighted by Crippen LogP contribution is 2.11. The van der Waals surface area contributed by atoms with Gasteiger partial charge in [0.25, 0.3) is 0 Å². The molecule has 0 unspecified atom stereocenters. The molecule has 0 fully saturated rings. The number of carbonyl (C=O) groups is 1. The second kappa shape index (κ2) is 6.50. The molecule has 0 spiro atoms. The summed E-state index contributed by atoms with van der Waals surface area (Å²) in [6.45, 7) is 4.07. The van der Waals surface area contributed by atoms with E-state index in [-0.39, 0.29) is 5.56 Å². The standard InChI is InChI=1S/C13H19FN2O4S/c1-13(2,16-21(3,19)20)8-15-7-9-4-5-10(12(17)18)11(14)6-9/h4-6,15-16H,7-8H2,1-3H3,(H,17,18). The van der Waals surface area contributed by atoms with Gasteiger partial charge in [0.1, 0.15) is 5.82 Å². The van der Waals surface area contributed by atoms with Gasteiger partial charge in [-0.1, -0.05) is 6.07 Å². The Morgan fingerprint density at radius 3 is 2.48 bits per heavy atom. The number of sulfonamides is 1. The minimum Gasteiger partial charge on any atom is -0.478 e. The molecular weight excluding hydrogens is 299 g/mol. The fraction of sp³-hybridized carbons (Fsp3) is 0.462. The average Bonchev–Trinajstić information content (AvgIpc) is 2.24. The maximum atomic E-state index is 13.5. The van der Waals surface area contributed by atoms with Gasteiger partial charge >= 0.3 is 5.97 Å². The zero-order chi connectivity index (χ0) is 16.3. The summed E-state index contributed by atoms with van der Waals surface area (Å²) in [5.41, 5.74) is -0.488.